The van der Waals surface area contributed by atoms with Gasteiger partial charge in [-0.3, -0.25) is 4.39 Å². The van der Waals surface area contributed by atoms with E-state index in [9.17, 15) is 13.9 Å². The predicted molar refractivity (Wildman–Crippen MR) is 62.8 cm³/mol. The molecule has 1 unspecified atom stereocenters. The zero-order valence-electron chi connectivity index (χ0n) is 8.93. The summed E-state index contributed by atoms with van der Waals surface area (Å²) >= 11 is 3.16. The van der Waals surface area contributed by atoms with Crippen molar-refractivity contribution < 1.29 is 13.9 Å². The minimum absolute atomic E-state index is 0.224. The van der Waals surface area contributed by atoms with E-state index in [4.69, 9.17) is 0 Å². The van der Waals surface area contributed by atoms with Crippen LogP contribution in [0, 0.1) is 5.82 Å². The Morgan fingerprint density at radius 3 is 2.81 bits per heavy atom. The van der Waals surface area contributed by atoms with E-state index in [0.717, 1.165) is 0 Å². The van der Waals surface area contributed by atoms with Crippen LogP contribution in [0.2, 0.25) is 0 Å². The van der Waals surface area contributed by atoms with Gasteiger partial charge in [0, 0.05) is 16.1 Å². The monoisotopic (exact) mass is 293 g/mol. The van der Waals surface area contributed by atoms with Crippen molar-refractivity contribution in [3.05, 3.63) is 28.0 Å². The topological polar surface area (TPSA) is 32.3 Å². The summed E-state index contributed by atoms with van der Waals surface area (Å²) in [6, 6.07) is 2.62. The molecule has 0 spiro atoms. The highest BCUT2D eigenvalue weighted by Crippen LogP contribution is 2.30. The summed E-state index contributed by atoms with van der Waals surface area (Å²) in [5, 5.41) is 12.5. The lowest BCUT2D eigenvalue weighted by molar-refractivity contribution is 0.408. The van der Waals surface area contributed by atoms with E-state index in [-0.39, 0.29) is 11.8 Å². The standard InChI is InChI=1S/C11H14BrF2NO/c1-7(15-4-2-3-13)9-5-8(12)6-10(14)11(9)16/h5-7,15-16H,2-4H2,1H3. The number of rotatable bonds is 5. The fraction of sp³-hybridized carbons (Fsp3) is 0.455. The number of hydrogen-bond donors (Lipinski definition) is 2. The first-order chi connectivity index (χ1) is 7.56. The third-order valence-electron chi connectivity index (χ3n) is 2.29. The van der Waals surface area contributed by atoms with Crippen molar-refractivity contribution in [1.82, 2.24) is 5.32 Å². The van der Waals surface area contributed by atoms with Crippen LogP contribution in [-0.2, 0) is 0 Å². The smallest absolute Gasteiger partial charge is 0.166 e. The molecule has 1 aromatic carbocycles. The average Bonchev–Trinajstić information content (AvgIpc) is 2.23. The molecule has 1 rings (SSSR count). The molecule has 0 aliphatic rings. The number of benzene rings is 1. The van der Waals surface area contributed by atoms with Crippen molar-refractivity contribution in [3.63, 3.8) is 0 Å². The van der Waals surface area contributed by atoms with E-state index in [0.29, 0.717) is 23.0 Å². The first-order valence-corrected chi connectivity index (χ1v) is 5.82. The molecule has 1 aromatic rings. The van der Waals surface area contributed by atoms with Gasteiger partial charge in [-0.15, -0.1) is 0 Å². The molecule has 0 amide bonds. The molecule has 0 radical (unpaired) electrons. The SMILES string of the molecule is CC(NCCCF)c1cc(Br)cc(F)c1O. The minimum Gasteiger partial charge on any atom is -0.505 e. The average molecular weight is 294 g/mol. The lowest BCUT2D eigenvalue weighted by Gasteiger charge is -2.16. The molecule has 16 heavy (non-hydrogen) atoms. The van der Waals surface area contributed by atoms with E-state index >= 15 is 0 Å². The third kappa shape index (κ3) is 3.42. The van der Waals surface area contributed by atoms with Crippen LogP contribution in [0.4, 0.5) is 8.78 Å². The van der Waals surface area contributed by atoms with Gasteiger partial charge in [-0.2, -0.15) is 0 Å². The van der Waals surface area contributed by atoms with Gasteiger partial charge >= 0.3 is 0 Å². The van der Waals surface area contributed by atoms with Crippen LogP contribution in [0.1, 0.15) is 24.9 Å². The van der Waals surface area contributed by atoms with Crippen LogP contribution < -0.4 is 5.32 Å². The van der Waals surface area contributed by atoms with Crippen LogP contribution in [0.25, 0.3) is 0 Å². The Balaban J connectivity index is 2.78. The number of alkyl halides is 1. The second-order valence-corrected chi connectivity index (χ2v) is 4.46. The van der Waals surface area contributed by atoms with E-state index in [2.05, 4.69) is 21.2 Å². The van der Waals surface area contributed by atoms with Gasteiger partial charge in [0.2, 0.25) is 0 Å². The van der Waals surface area contributed by atoms with Crippen LogP contribution in [-0.4, -0.2) is 18.3 Å². The summed E-state index contributed by atoms with van der Waals surface area (Å²) in [4.78, 5) is 0. The molecule has 2 nitrogen and oxygen atoms in total. The van der Waals surface area contributed by atoms with Gasteiger partial charge < -0.3 is 10.4 Å². The number of hydrogen-bond acceptors (Lipinski definition) is 2. The Hall–Kier alpha value is -0.680. The fourth-order valence-electron chi connectivity index (χ4n) is 1.41. The Labute approximate surface area is 102 Å². The number of nitrogens with one attached hydrogen (secondary N) is 1. The van der Waals surface area contributed by atoms with E-state index in [1.807, 2.05) is 0 Å². The van der Waals surface area contributed by atoms with Crippen molar-refractivity contribution in [2.75, 3.05) is 13.2 Å². The Kier molecular flexibility index (Phi) is 5.15. The van der Waals surface area contributed by atoms with Gasteiger partial charge in [-0.25, -0.2) is 4.39 Å². The quantitative estimate of drug-likeness (QED) is 0.817. The van der Waals surface area contributed by atoms with Crippen LogP contribution in [0.15, 0.2) is 16.6 Å². The Morgan fingerprint density at radius 1 is 1.50 bits per heavy atom. The maximum atomic E-state index is 13.2. The van der Waals surface area contributed by atoms with E-state index in [1.54, 1.807) is 13.0 Å². The number of aromatic hydroxyl groups is 1. The summed E-state index contributed by atoms with van der Waals surface area (Å²) in [6.07, 6.45) is 0.404. The van der Waals surface area contributed by atoms with Gasteiger partial charge in [0.15, 0.2) is 11.6 Å². The van der Waals surface area contributed by atoms with Gasteiger partial charge in [-0.1, -0.05) is 15.9 Å². The number of phenols is 1. The van der Waals surface area contributed by atoms with Gasteiger partial charge in [0.25, 0.3) is 0 Å². The predicted octanol–water partition coefficient (Wildman–Crippen LogP) is 3.30. The van der Waals surface area contributed by atoms with Gasteiger partial charge in [-0.05, 0) is 32.0 Å². The number of phenolic OH excluding ortho intramolecular Hbond substituents is 1. The van der Waals surface area contributed by atoms with E-state index < -0.39 is 12.5 Å². The number of halogens is 3. The lowest BCUT2D eigenvalue weighted by atomic mass is 10.1. The molecule has 0 heterocycles. The minimum atomic E-state index is -0.663. The van der Waals surface area contributed by atoms with Crippen molar-refractivity contribution in [1.29, 1.82) is 0 Å². The molecular formula is C11H14BrF2NO. The second kappa shape index (κ2) is 6.15. The summed E-state index contributed by atoms with van der Waals surface area (Å²) in [5.74, 6) is -1.02. The van der Waals surface area contributed by atoms with Crippen molar-refractivity contribution in [3.8, 4) is 5.75 Å². The molecule has 0 aliphatic carbocycles. The lowest BCUT2D eigenvalue weighted by Crippen LogP contribution is -2.20. The van der Waals surface area contributed by atoms with Crippen molar-refractivity contribution in [2.45, 2.75) is 19.4 Å². The maximum absolute atomic E-state index is 13.2. The zero-order valence-corrected chi connectivity index (χ0v) is 10.5. The fourth-order valence-corrected chi connectivity index (χ4v) is 1.86. The summed E-state index contributed by atoms with van der Waals surface area (Å²) in [5.41, 5.74) is 0.464. The maximum Gasteiger partial charge on any atom is 0.166 e. The van der Waals surface area contributed by atoms with Crippen LogP contribution in [0.3, 0.4) is 0 Å². The Morgan fingerprint density at radius 2 is 2.19 bits per heavy atom. The molecule has 0 aromatic heterocycles. The van der Waals surface area contributed by atoms with Gasteiger partial charge in [0.05, 0.1) is 6.67 Å². The van der Waals surface area contributed by atoms with Crippen LogP contribution in [0.5, 0.6) is 5.75 Å². The molecule has 1 atom stereocenters. The largest absolute Gasteiger partial charge is 0.505 e. The van der Waals surface area contributed by atoms with Crippen LogP contribution >= 0.6 is 15.9 Å². The highest BCUT2D eigenvalue weighted by Gasteiger charge is 2.14. The molecule has 2 N–H and O–H groups in total. The van der Waals surface area contributed by atoms with E-state index in [1.165, 1.54) is 6.07 Å². The molecule has 0 aliphatic heterocycles. The Bertz CT molecular complexity index is 360. The molecule has 90 valence electrons. The highest BCUT2D eigenvalue weighted by atomic mass is 79.9. The summed E-state index contributed by atoms with van der Waals surface area (Å²) < 4.78 is 25.7. The summed E-state index contributed by atoms with van der Waals surface area (Å²) in [7, 11) is 0. The summed E-state index contributed by atoms with van der Waals surface area (Å²) in [6.45, 7) is 1.89. The molecule has 0 bridgehead atoms. The normalized spacial score (nSPS) is 12.8. The van der Waals surface area contributed by atoms with Crippen molar-refractivity contribution >= 4 is 15.9 Å². The zero-order chi connectivity index (χ0) is 12.1. The third-order valence-corrected chi connectivity index (χ3v) is 2.74. The second-order valence-electron chi connectivity index (χ2n) is 3.54. The first-order valence-electron chi connectivity index (χ1n) is 5.03. The molecule has 0 saturated heterocycles. The first kappa shape index (κ1) is 13.4. The highest BCUT2D eigenvalue weighted by molar-refractivity contribution is 9.10. The molecular weight excluding hydrogens is 280 g/mol. The molecule has 0 fully saturated rings. The molecule has 5 heteroatoms. The van der Waals surface area contributed by atoms with Crippen molar-refractivity contribution in [2.24, 2.45) is 0 Å². The van der Waals surface area contributed by atoms with Gasteiger partial charge in [0.1, 0.15) is 0 Å². The molecule has 0 saturated carbocycles.